The van der Waals surface area contributed by atoms with E-state index in [1.165, 1.54) is 77.0 Å². The maximum atomic E-state index is 4.25. The molecule has 0 saturated heterocycles. The second kappa shape index (κ2) is 12.3. The number of H-pyrrole nitrogens is 1. The highest BCUT2D eigenvalue weighted by Crippen LogP contribution is 2.12. The fourth-order valence-electron chi connectivity index (χ4n) is 2.57. The number of rotatable bonds is 13. The molecule has 1 heterocycles. The molecule has 0 bridgehead atoms. The van der Waals surface area contributed by atoms with Crippen molar-refractivity contribution in [3.8, 4) is 0 Å². The van der Waals surface area contributed by atoms with Gasteiger partial charge in [0, 0.05) is 18.8 Å². The highest BCUT2D eigenvalue weighted by atomic mass is 14.9. The first-order chi connectivity index (χ1) is 9.43. The summed E-state index contributed by atoms with van der Waals surface area (Å²) in [5.74, 6) is 1.15. The molecule has 1 aromatic heterocycles. The van der Waals surface area contributed by atoms with Gasteiger partial charge in [-0.05, 0) is 6.42 Å². The summed E-state index contributed by atoms with van der Waals surface area (Å²) in [6.07, 6.45) is 21.8. The summed E-state index contributed by atoms with van der Waals surface area (Å²) in [4.78, 5) is 7.42. The first kappa shape index (κ1) is 16.3. The van der Waals surface area contributed by atoms with Crippen molar-refractivity contribution in [3.05, 3.63) is 18.2 Å². The third-order valence-electron chi connectivity index (χ3n) is 3.82. The molecule has 0 aliphatic carbocycles. The minimum Gasteiger partial charge on any atom is -0.349 e. The molecular formula is C17H32N2. The number of hydrogen-bond donors (Lipinski definition) is 1. The molecule has 0 spiro atoms. The molecular weight excluding hydrogens is 232 g/mol. The van der Waals surface area contributed by atoms with E-state index in [0.717, 1.165) is 12.2 Å². The SMILES string of the molecule is CCCCCCCCCCCCCCc1ncc[nH]1. The van der Waals surface area contributed by atoms with Crippen molar-refractivity contribution in [2.24, 2.45) is 0 Å². The van der Waals surface area contributed by atoms with Gasteiger partial charge in [0.25, 0.3) is 0 Å². The van der Waals surface area contributed by atoms with Crippen LogP contribution >= 0.6 is 0 Å². The smallest absolute Gasteiger partial charge is 0.105 e. The van der Waals surface area contributed by atoms with E-state index in [1.54, 1.807) is 0 Å². The molecule has 0 saturated carbocycles. The first-order valence-electron chi connectivity index (χ1n) is 8.41. The molecule has 1 aromatic rings. The van der Waals surface area contributed by atoms with Gasteiger partial charge in [-0.25, -0.2) is 4.98 Å². The largest absolute Gasteiger partial charge is 0.349 e. The van der Waals surface area contributed by atoms with Crippen LogP contribution in [0.25, 0.3) is 0 Å². The van der Waals surface area contributed by atoms with Crippen molar-refractivity contribution in [3.63, 3.8) is 0 Å². The molecule has 0 aromatic carbocycles. The molecule has 110 valence electrons. The lowest BCUT2D eigenvalue weighted by molar-refractivity contribution is 0.543. The highest BCUT2D eigenvalue weighted by molar-refractivity contribution is 4.86. The lowest BCUT2D eigenvalue weighted by atomic mass is 10.0. The van der Waals surface area contributed by atoms with E-state index < -0.39 is 0 Å². The second-order valence-electron chi connectivity index (χ2n) is 5.67. The van der Waals surface area contributed by atoms with Crippen LogP contribution in [0.15, 0.2) is 12.4 Å². The number of imidazole rings is 1. The first-order valence-corrected chi connectivity index (χ1v) is 8.41. The second-order valence-corrected chi connectivity index (χ2v) is 5.67. The predicted octanol–water partition coefficient (Wildman–Crippen LogP) is 5.65. The Morgan fingerprint density at radius 3 is 1.79 bits per heavy atom. The zero-order valence-corrected chi connectivity index (χ0v) is 12.8. The van der Waals surface area contributed by atoms with E-state index in [1.807, 2.05) is 12.4 Å². The van der Waals surface area contributed by atoms with Gasteiger partial charge in [-0.2, -0.15) is 0 Å². The molecule has 1 rings (SSSR count). The summed E-state index contributed by atoms with van der Waals surface area (Å²) < 4.78 is 0. The topological polar surface area (TPSA) is 28.7 Å². The van der Waals surface area contributed by atoms with E-state index in [-0.39, 0.29) is 0 Å². The zero-order chi connectivity index (χ0) is 13.6. The van der Waals surface area contributed by atoms with Gasteiger partial charge in [-0.15, -0.1) is 0 Å². The van der Waals surface area contributed by atoms with Crippen LogP contribution in [-0.4, -0.2) is 9.97 Å². The zero-order valence-electron chi connectivity index (χ0n) is 12.8. The summed E-state index contributed by atoms with van der Waals surface area (Å²) in [6, 6.07) is 0. The Morgan fingerprint density at radius 2 is 1.32 bits per heavy atom. The quantitative estimate of drug-likeness (QED) is 0.458. The fourth-order valence-corrected chi connectivity index (χ4v) is 2.57. The molecule has 0 amide bonds. The van der Waals surface area contributed by atoms with E-state index in [0.29, 0.717) is 0 Å². The number of aromatic nitrogens is 2. The average Bonchev–Trinajstić information content (AvgIpc) is 2.93. The monoisotopic (exact) mass is 264 g/mol. The summed E-state index contributed by atoms with van der Waals surface area (Å²) in [6.45, 7) is 2.28. The van der Waals surface area contributed by atoms with E-state index in [4.69, 9.17) is 0 Å². The van der Waals surface area contributed by atoms with Gasteiger partial charge in [0.1, 0.15) is 5.82 Å². The van der Waals surface area contributed by atoms with Gasteiger partial charge in [-0.1, -0.05) is 77.6 Å². The van der Waals surface area contributed by atoms with Crippen LogP contribution in [0.5, 0.6) is 0 Å². The fraction of sp³-hybridized carbons (Fsp3) is 0.824. The molecule has 0 atom stereocenters. The lowest BCUT2D eigenvalue weighted by Gasteiger charge is -2.02. The minimum absolute atomic E-state index is 1.12. The van der Waals surface area contributed by atoms with Gasteiger partial charge in [0.15, 0.2) is 0 Å². The molecule has 0 aliphatic heterocycles. The van der Waals surface area contributed by atoms with Crippen LogP contribution in [0.3, 0.4) is 0 Å². The number of nitrogens with zero attached hydrogens (tertiary/aromatic N) is 1. The number of aromatic amines is 1. The van der Waals surface area contributed by atoms with Crippen molar-refractivity contribution in [1.82, 2.24) is 9.97 Å². The van der Waals surface area contributed by atoms with Crippen LogP contribution in [0.1, 0.15) is 89.8 Å². The average molecular weight is 264 g/mol. The van der Waals surface area contributed by atoms with Gasteiger partial charge in [0.2, 0.25) is 0 Å². The van der Waals surface area contributed by atoms with Crippen molar-refractivity contribution < 1.29 is 0 Å². The Balaban J connectivity index is 1.72. The molecule has 0 aliphatic rings. The van der Waals surface area contributed by atoms with Crippen LogP contribution in [0.2, 0.25) is 0 Å². The van der Waals surface area contributed by atoms with Crippen LogP contribution in [0.4, 0.5) is 0 Å². The maximum absolute atomic E-state index is 4.25. The van der Waals surface area contributed by atoms with Gasteiger partial charge < -0.3 is 4.98 Å². The molecule has 19 heavy (non-hydrogen) atoms. The number of nitrogens with one attached hydrogen (secondary N) is 1. The normalized spacial score (nSPS) is 11.0. The summed E-state index contributed by atoms with van der Waals surface area (Å²) in [5, 5.41) is 0. The third-order valence-corrected chi connectivity index (χ3v) is 3.82. The lowest BCUT2D eigenvalue weighted by Crippen LogP contribution is -1.88. The highest BCUT2D eigenvalue weighted by Gasteiger charge is 1.96. The molecule has 2 heteroatoms. The number of unbranched alkanes of at least 4 members (excludes halogenated alkanes) is 11. The Labute approximate surface area is 119 Å². The molecule has 0 fully saturated rings. The minimum atomic E-state index is 1.12. The molecule has 2 nitrogen and oxygen atoms in total. The van der Waals surface area contributed by atoms with E-state index in [9.17, 15) is 0 Å². The van der Waals surface area contributed by atoms with Crippen molar-refractivity contribution in [1.29, 1.82) is 0 Å². The summed E-state index contributed by atoms with van der Waals surface area (Å²) in [5.41, 5.74) is 0. The third kappa shape index (κ3) is 9.75. The Morgan fingerprint density at radius 1 is 0.789 bits per heavy atom. The van der Waals surface area contributed by atoms with Gasteiger partial charge >= 0.3 is 0 Å². The van der Waals surface area contributed by atoms with Crippen molar-refractivity contribution in [2.75, 3.05) is 0 Å². The van der Waals surface area contributed by atoms with Crippen molar-refractivity contribution in [2.45, 2.75) is 90.4 Å². The number of aryl methyl sites for hydroxylation is 1. The Bertz CT molecular complexity index is 267. The van der Waals surface area contributed by atoms with Crippen LogP contribution < -0.4 is 0 Å². The number of hydrogen-bond acceptors (Lipinski definition) is 1. The molecule has 0 unspecified atom stereocenters. The van der Waals surface area contributed by atoms with Crippen molar-refractivity contribution >= 4 is 0 Å². The van der Waals surface area contributed by atoms with E-state index >= 15 is 0 Å². The van der Waals surface area contributed by atoms with Gasteiger partial charge in [-0.3, -0.25) is 0 Å². The maximum Gasteiger partial charge on any atom is 0.105 e. The predicted molar refractivity (Wildman–Crippen MR) is 83.4 cm³/mol. The summed E-state index contributed by atoms with van der Waals surface area (Å²) in [7, 11) is 0. The Kier molecular flexibility index (Phi) is 10.5. The molecule has 1 N–H and O–H groups in total. The van der Waals surface area contributed by atoms with Crippen LogP contribution in [0, 0.1) is 0 Å². The summed E-state index contributed by atoms with van der Waals surface area (Å²) >= 11 is 0. The van der Waals surface area contributed by atoms with Crippen LogP contribution in [-0.2, 0) is 6.42 Å². The van der Waals surface area contributed by atoms with Gasteiger partial charge in [0.05, 0.1) is 0 Å². The standard InChI is InChI=1S/C17H32N2/c1-2-3-4-5-6-7-8-9-10-11-12-13-14-17-18-15-16-19-17/h15-16H,2-14H2,1H3,(H,18,19). The molecule has 0 radical (unpaired) electrons. The Hall–Kier alpha value is -0.790. The van der Waals surface area contributed by atoms with E-state index in [2.05, 4.69) is 16.9 Å².